The zero-order chi connectivity index (χ0) is 13.2. The van der Waals surface area contributed by atoms with Crippen molar-refractivity contribution >= 4 is 45.0 Å². The number of alkyl halides is 1. The molecule has 1 amide bonds. The molecule has 1 saturated carbocycles. The van der Waals surface area contributed by atoms with Crippen LogP contribution in [0.5, 0.6) is 0 Å². The summed E-state index contributed by atoms with van der Waals surface area (Å²) in [5.41, 5.74) is 0.444. The van der Waals surface area contributed by atoms with Crippen LogP contribution >= 0.6 is 39.1 Å². The first-order valence-corrected chi connectivity index (χ1v) is 7.78. The van der Waals surface area contributed by atoms with E-state index in [1.807, 2.05) is 0 Å². The fourth-order valence-corrected chi connectivity index (χ4v) is 3.29. The lowest BCUT2D eigenvalue weighted by Crippen LogP contribution is -2.47. The number of benzene rings is 1. The standard InChI is InChI=1S/C13H14BrCl2NO/c14-8-13(5-1-2-6-13)17-12(18)9-3-4-10(15)11(16)7-9/h3-4,7H,1-2,5-6,8H2,(H,17,18). The third-order valence-corrected chi connectivity index (χ3v) is 5.19. The van der Waals surface area contributed by atoms with Crippen LogP contribution in [0.15, 0.2) is 18.2 Å². The SMILES string of the molecule is O=C(NC1(CBr)CCCC1)c1ccc(Cl)c(Cl)c1. The van der Waals surface area contributed by atoms with Gasteiger partial charge in [-0.3, -0.25) is 4.79 Å². The molecule has 1 aromatic rings. The van der Waals surface area contributed by atoms with Gasteiger partial charge < -0.3 is 5.32 Å². The normalized spacial score (nSPS) is 17.7. The molecule has 0 spiro atoms. The van der Waals surface area contributed by atoms with Gasteiger partial charge >= 0.3 is 0 Å². The maximum atomic E-state index is 12.2. The van der Waals surface area contributed by atoms with Crippen molar-refractivity contribution in [2.45, 2.75) is 31.2 Å². The van der Waals surface area contributed by atoms with E-state index in [1.165, 1.54) is 0 Å². The molecule has 0 aromatic heterocycles. The van der Waals surface area contributed by atoms with Gasteiger partial charge in [-0.15, -0.1) is 0 Å². The zero-order valence-corrected chi connectivity index (χ0v) is 12.9. The summed E-state index contributed by atoms with van der Waals surface area (Å²) in [6.07, 6.45) is 4.36. The molecule has 2 rings (SSSR count). The molecule has 5 heteroatoms. The Kier molecular flexibility index (Phi) is 4.57. The highest BCUT2D eigenvalue weighted by Crippen LogP contribution is 2.32. The molecular formula is C13H14BrCl2NO. The molecule has 0 aliphatic heterocycles. The van der Waals surface area contributed by atoms with Crippen LogP contribution in [0.2, 0.25) is 10.0 Å². The third kappa shape index (κ3) is 3.01. The van der Waals surface area contributed by atoms with Gasteiger partial charge in [0, 0.05) is 10.9 Å². The Labute approximate surface area is 125 Å². The van der Waals surface area contributed by atoms with Crippen LogP contribution in [0, 0.1) is 0 Å². The van der Waals surface area contributed by atoms with Crippen molar-refractivity contribution in [3.63, 3.8) is 0 Å². The Morgan fingerprint density at radius 2 is 1.94 bits per heavy atom. The first kappa shape index (κ1) is 14.2. The molecule has 1 aliphatic rings. The monoisotopic (exact) mass is 349 g/mol. The van der Waals surface area contributed by atoms with Crippen molar-refractivity contribution in [2.75, 3.05) is 5.33 Å². The molecule has 0 atom stereocenters. The molecule has 0 heterocycles. The lowest BCUT2D eigenvalue weighted by atomic mass is 10.00. The van der Waals surface area contributed by atoms with Gasteiger partial charge in [0.25, 0.3) is 5.91 Å². The molecule has 98 valence electrons. The number of carbonyl (C=O) groups is 1. The predicted molar refractivity (Wildman–Crippen MR) is 78.9 cm³/mol. The van der Waals surface area contributed by atoms with Crippen molar-refractivity contribution in [1.82, 2.24) is 5.32 Å². The van der Waals surface area contributed by atoms with E-state index in [2.05, 4.69) is 21.2 Å². The van der Waals surface area contributed by atoms with Gasteiger partial charge in [0.15, 0.2) is 0 Å². The summed E-state index contributed by atoms with van der Waals surface area (Å²) in [4.78, 5) is 12.2. The minimum absolute atomic E-state index is 0.0880. The van der Waals surface area contributed by atoms with Crippen LogP contribution in [-0.2, 0) is 0 Å². The Hall–Kier alpha value is -0.250. The van der Waals surface area contributed by atoms with Crippen LogP contribution in [0.1, 0.15) is 36.0 Å². The topological polar surface area (TPSA) is 29.1 Å². The van der Waals surface area contributed by atoms with E-state index in [1.54, 1.807) is 18.2 Å². The zero-order valence-electron chi connectivity index (χ0n) is 9.81. The second-order valence-corrected chi connectivity index (χ2v) is 6.08. The van der Waals surface area contributed by atoms with Crippen molar-refractivity contribution in [2.24, 2.45) is 0 Å². The molecule has 1 aromatic carbocycles. The maximum absolute atomic E-state index is 12.2. The Morgan fingerprint density at radius 1 is 1.28 bits per heavy atom. The lowest BCUT2D eigenvalue weighted by Gasteiger charge is -2.28. The van der Waals surface area contributed by atoms with Crippen LogP contribution in [0.3, 0.4) is 0 Å². The third-order valence-electron chi connectivity index (χ3n) is 3.38. The highest BCUT2D eigenvalue weighted by Gasteiger charge is 2.34. The number of amides is 1. The molecular weight excluding hydrogens is 337 g/mol. The van der Waals surface area contributed by atoms with E-state index in [0.29, 0.717) is 15.6 Å². The van der Waals surface area contributed by atoms with Crippen molar-refractivity contribution < 1.29 is 4.79 Å². The minimum Gasteiger partial charge on any atom is -0.346 e. The quantitative estimate of drug-likeness (QED) is 0.802. The first-order valence-electron chi connectivity index (χ1n) is 5.90. The fourth-order valence-electron chi connectivity index (χ4n) is 2.29. The van der Waals surface area contributed by atoms with E-state index < -0.39 is 0 Å². The Morgan fingerprint density at radius 3 is 2.50 bits per heavy atom. The predicted octanol–water partition coefficient (Wildman–Crippen LogP) is 4.43. The van der Waals surface area contributed by atoms with E-state index in [9.17, 15) is 4.79 Å². The molecule has 1 aliphatic carbocycles. The van der Waals surface area contributed by atoms with Gasteiger partial charge in [0.05, 0.1) is 15.6 Å². The molecule has 1 N–H and O–H groups in total. The van der Waals surface area contributed by atoms with E-state index >= 15 is 0 Å². The number of hydrogen-bond donors (Lipinski definition) is 1. The summed E-state index contributed by atoms with van der Waals surface area (Å²) in [6.45, 7) is 0. The maximum Gasteiger partial charge on any atom is 0.251 e. The molecule has 0 unspecified atom stereocenters. The van der Waals surface area contributed by atoms with Crippen molar-refractivity contribution in [1.29, 1.82) is 0 Å². The van der Waals surface area contributed by atoms with E-state index in [0.717, 1.165) is 31.0 Å². The number of rotatable bonds is 3. The van der Waals surface area contributed by atoms with E-state index in [-0.39, 0.29) is 11.4 Å². The van der Waals surface area contributed by atoms with Gasteiger partial charge in [-0.05, 0) is 31.0 Å². The molecule has 2 nitrogen and oxygen atoms in total. The van der Waals surface area contributed by atoms with Gasteiger partial charge in [0.2, 0.25) is 0 Å². The lowest BCUT2D eigenvalue weighted by molar-refractivity contribution is 0.0910. The highest BCUT2D eigenvalue weighted by atomic mass is 79.9. The number of halogens is 3. The number of nitrogens with one attached hydrogen (secondary N) is 1. The molecule has 18 heavy (non-hydrogen) atoms. The van der Waals surface area contributed by atoms with Crippen LogP contribution in [-0.4, -0.2) is 16.8 Å². The van der Waals surface area contributed by atoms with Gasteiger partial charge in [-0.25, -0.2) is 0 Å². The summed E-state index contributed by atoms with van der Waals surface area (Å²) in [6, 6.07) is 4.95. The molecule has 1 fully saturated rings. The number of hydrogen-bond acceptors (Lipinski definition) is 1. The summed E-state index contributed by atoms with van der Waals surface area (Å²) in [5.74, 6) is -0.0880. The van der Waals surface area contributed by atoms with Crippen LogP contribution < -0.4 is 5.32 Å². The van der Waals surface area contributed by atoms with Gasteiger partial charge in [-0.1, -0.05) is 52.0 Å². The summed E-state index contributed by atoms with van der Waals surface area (Å²) < 4.78 is 0. The number of carbonyl (C=O) groups excluding carboxylic acids is 1. The average molecular weight is 351 g/mol. The first-order chi connectivity index (χ1) is 8.56. The van der Waals surface area contributed by atoms with Gasteiger partial charge in [0.1, 0.15) is 0 Å². The average Bonchev–Trinajstić information content (AvgIpc) is 2.82. The van der Waals surface area contributed by atoms with Gasteiger partial charge in [-0.2, -0.15) is 0 Å². The fraction of sp³-hybridized carbons (Fsp3) is 0.462. The molecule has 0 bridgehead atoms. The summed E-state index contributed by atoms with van der Waals surface area (Å²) in [5, 5.41) is 4.77. The summed E-state index contributed by atoms with van der Waals surface area (Å²) in [7, 11) is 0. The van der Waals surface area contributed by atoms with Crippen molar-refractivity contribution in [3.8, 4) is 0 Å². The van der Waals surface area contributed by atoms with E-state index in [4.69, 9.17) is 23.2 Å². The van der Waals surface area contributed by atoms with Crippen LogP contribution in [0.25, 0.3) is 0 Å². The Bertz CT molecular complexity index is 458. The van der Waals surface area contributed by atoms with Crippen LogP contribution in [0.4, 0.5) is 0 Å². The highest BCUT2D eigenvalue weighted by molar-refractivity contribution is 9.09. The minimum atomic E-state index is -0.108. The largest absolute Gasteiger partial charge is 0.346 e. The van der Waals surface area contributed by atoms with Crippen molar-refractivity contribution in [3.05, 3.63) is 33.8 Å². The molecule has 0 radical (unpaired) electrons. The summed E-state index contributed by atoms with van der Waals surface area (Å²) >= 11 is 15.3. The molecule has 0 saturated heterocycles. The Balaban J connectivity index is 2.13. The smallest absolute Gasteiger partial charge is 0.251 e. The second kappa shape index (κ2) is 5.81. The second-order valence-electron chi connectivity index (χ2n) is 4.70.